The molecular formula is C15H13N3O4. The first-order chi connectivity index (χ1) is 10.5. The predicted octanol–water partition coefficient (Wildman–Crippen LogP) is 1.61. The third kappa shape index (κ3) is 2.16. The van der Waals surface area contributed by atoms with E-state index in [1.165, 1.54) is 6.92 Å². The molecular weight excluding hydrogens is 286 g/mol. The lowest BCUT2D eigenvalue weighted by Gasteiger charge is -2.20. The standard InChI is InChI=1S/C15H13N3O4/c1-8-7-12(17-22-8)16-13(19)9(2)18-14(20)10-5-3-4-6-11(10)15(18)21/h3-7,9H,1-2H3,(H,16,17,19). The van der Waals surface area contributed by atoms with Crippen LogP contribution in [0, 0.1) is 6.92 Å². The van der Waals surface area contributed by atoms with E-state index in [0.717, 1.165) is 4.90 Å². The molecule has 1 atom stereocenters. The van der Waals surface area contributed by atoms with Crippen molar-refractivity contribution in [2.75, 3.05) is 5.32 Å². The van der Waals surface area contributed by atoms with Gasteiger partial charge in [-0.05, 0) is 26.0 Å². The molecule has 2 aromatic rings. The Balaban J connectivity index is 1.81. The maximum atomic E-state index is 12.3. The molecule has 1 aromatic carbocycles. The molecule has 112 valence electrons. The van der Waals surface area contributed by atoms with Crippen LogP contribution in [0.25, 0.3) is 0 Å². The Morgan fingerprint density at radius 1 is 1.23 bits per heavy atom. The molecule has 0 spiro atoms. The number of hydrogen-bond acceptors (Lipinski definition) is 5. The zero-order chi connectivity index (χ0) is 15.9. The Morgan fingerprint density at radius 2 is 1.82 bits per heavy atom. The minimum Gasteiger partial charge on any atom is -0.360 e. The third-order valence-electron chi connectivity index (χ3n) is 3.47. The van der Waals surface area contributed by atoms with E-state index < -0.39 is 23.8 Å². The van der Waals surface area contributed by atoms with Crippen LogP contribution in [0.3, 0.4) is 0 Å². The van der Waals surface area contributed by atoms with Gasteiger partial charge in [0.15, 0.2) is 5.82 Å². The number of rotatable bonds is 3. The van der Waals surface area contributed by atoms with Crippen LogP contribution in [0.5, 0.6) is 0 Å². The third-order valence-corrected chi connectivity index (χ3v) is 3.47. The van der Waals surface area contributed by atoms with E-state index in [2.05, 4.69) is 10.5 Å². The average Bonchev–Trinajstić information content (AvgIpc) is 3.01. The predicted molar refractivity (Wildman–Crippen MR) is 76.3 cm³/mol. The number of carbonyl (C=O) groups excluding carboxylic acids is 3. The van der Waals surface area contributed by atoms with Crippen molar-refractivity contribution in [2.45, 2.75) is 19.9 Å². The van der Waals surface area contributed by atoms with Gasteiger partial charge in [-0.2, -0.15) is 0 Å². The lowest BCUT2D eigenvalue weighted by atomic mass is 10.1. The molecule has 0 saturated carbocycles. The summed E-state index contributed by atoms with van der Waals surface area (Å²) in [6, 6.07) is 7.09. The van der Waals surface area contributed by atoms with E-state index in [4.69, 9.17) is 4.52 Å². The van der Waals surface area contributed by atoms with Crippen molar-refractivity contribution in [3.8, 4) is 0 Å². The summed E-state index contributed by atoms with van der Waals surface area (Å²) in [6.07, 6.45) is 0. The van der Waals surface area contributed by atoms with Gasteiger partial charge in [0.05, 0.1) is 11.1 Å². The van der Waals surface area contributed by atoms with Crippen LogP contribution in [0.2, 0.25) is 0 Å². The van der Waals surface area contributed by atoms with Crippen molar-refractivity contribution in [1.29, 1.82) is 0 Å². The fourth-order valence-corrected chi connectivity index (χ4v) is 2.33. The second kappa shape index (κ2) is 5.10. The molecule has 1 aliphatic rings. The van der Waals surface area contributed by atoms with Gasteiger partial charge in [-0.25, -0.2) is 0 Å². The van der Waals surface area contributed by atoms with Gasteiger partial charge in [0, 0.05) is 6.07 Å². The quantitative estimate of drug-likeness (QED) is 0.869. The van der Waals surface area contributed by atoms with Crippen molar-refractivity contribution in [2.24, 2.45) is 0 Å². The monoisotopic (exact) mass is 299 g/mol. The number of aromatic nitrogens is 1. The Kier molecular flexibility index (Phi) is 3.25. The highest BCUT2D eigenvalue weighted by Gasteiger charge is 2.40. The van der Waals surface area contributed by atoms with Crippen LogP contribution < -0.4 is 5.32 Å². The largest absolute Gasteiger partial charge is 0.360 e. The highest BCUT2D eigenvalue weighted by molar-refractivity contribution is 6.23. The molecule has 3 amide bonds. The molecule has 1 unspecified atom stereocenters. The van der Waals surface area contributed by atoms with Gasteiger partial charge < -0.3 is 9.84 Å². The Morgan fingerprint density at radius 3 is 2.32 bits per heavy atom. The number of hydrogen-bond donors (Lipinski definition) is 1. The van der Waals surface area contributed by atoms with Gasteiger partial charge in [-0.1, -0.05) is 17.3 Å². The summed E-state index contributed by atoms with van der Waals surface area (Å²) in [6.45, 7) is 3.18. The Labute approximate surface area is 125 Å². The van der Waals surface area contributed by atoms with Crippen molar-refractivity contribution >= 4 is 23.5 Å². The molecule has 2 heterocycles. The van der Waals surface area contributed by atoms with Crippen LogP contribution in [-0.2, 0) is 4.79 Å². The van der Waals surface area contributed by atoms with Crippen molar-refractivity contribution in [1.82, 2.24) is 10.1 Å². The molecule has 0 bridgehead atoms. The van der Waals surface area contributed by atoms with Gasteiger partial charge in [-0.3, -0.25) is 19.3 Å². The first-order valence-corrected chi connectivity index (χ1v) is 6.70. The summed E-state index contributed by atoms with van der Waals surface area (Å²) in [5, 5.41) is 6.16. The average molecular weight is 299 g/mol. The van der Waals surface area contributed by atoms with Crippen LogP contribution in [-0.4, -0.2) is 33.8 Å². The molecule has 0 aliphatic carbocycles. The van der Waals surface area contributed by atoms with Crippen LogP contribution in [0.4, 0.5) is 5.82 Å². The summed E-state index contributed by atoms with van der Waals surface area (Å²) in [7, 11) is 0. The number of carbonyl (C=O) groups is 3. The Hall–Kier alpha value is -2.96. The number of amides is 3. The van der Waals surface area contributed by atoms with E-state index in [1.54, 1.807) is 37.3 Å². The maximum Gasteiger partial charge on any atom is 0.262 e. The number of imide groups is 1. The van der Waals surface area contributed by atoms with E-state index in [-0.39, 0.29) is 5.82 Å². The van der Waals surface area contributed by atoms with Crippen molar-refractivity contribution in [3.05, 3.63) is 47.2 Å². The van der Waals surface area contributed by atoms with Gasteiger partial charge in [0.1, 0.15) is 11.8 Å². The zero-order valence-corrected chi connectivity index (χ0v) is 12.0. The van der Waals surface area contributed by atoms with Crippen LogP contribution in [0.1, 0.15) is 33.4 Å². The Bertz CT molecular complexity index is 746. The second-order valence-corrected chi connectivity index (χ2v) is 5.01. The highest BCUT2D eigenvalue weighted by Crippen LogP contribution is 2.24. The number of nitrogens with zero attached hydrogens (tertiary/aromatic N) is 2. The number of aryl methyl sites for hydroxylation is 1. The normalized spacial score (nSPS) is 14.9. The molecule has 22 heavy (non-hydrogen) atoms. The minimum absolute atomic E-state index is 0.242. The molecule has 3 rings (SSSR count). The lowest BCUT2D eigenvalue weighted by Crippen LogP contribution is -2.45. The smallest absolute Gasteiger partial charge is 0.262 e. The second-order valence-electron chi connectivity index (χ2n) is 5.01. The first kappa shape index (κ1) is 14.0. The van der Waals surface area contributed by atoms with Gasteiger partial charge in [-0.15, -0.1) is 0 Å². The number of nitrogens with one attached hydrogen (secondary N) is 1. The maximum absolute atomic E-state index is 12.3. The minimum atomic E-state index is -0.954. The van der Waals surface area contributed by atoms with Gasteiger partial charge in [0.25, 0.3) is 11.8 Å². The lowest BCUT2D eigenvalue weighted by molar-refractivity contribution is -0.119. The van der Waals surface area contributed by atoms with Gasteiger partial charge >= 0.3 is 0 Å². The fraction of sp³-hybridized carbons (Fsp3) is 0.200. The molecule has 1 aliphatic heterocycles. The number of anilines is 1. The zero-order valence-electron chi connectivity index (χ0n) is 12.0. The highest BCUT2D eigenvalue weighted by atomic mass is 16.5. The van der Waals surface area contributed by atoms with E-state index in [9.17, 15) is 14.4 Å². The van der Waals surface area contributed by atoms with Gasteiger partial charge in [0.2, 0.25) is 5.91 Å². The molecule has 7 nitrogen and oxygen atoms in total. The molecule has 0 radical (unpaired) electrons. The summed E-state index contributed by atoms with van der Waals surface area (Å²) >= 11 is 0. The number of fused-ring (bicyclic) bond motifs is 1. The fourth-order valence-electron chi connectivity index (χ4n) is 2.33. The topological polar surface area (TPSA) is 92.5 Å². The van der Waals surface area contributed by atoms with E-state index >= 15 is 0 Å². The first-order valence-electron chi connectivity index (χ1n) is 6.70. The summed E-state index contributed by atoms with van der Waals surface area (Å²) in [4.78, 5) is 37.8. The molecule has 0 fully saturated rings. The van der Waals surface area contributed by atoms with Crippen molar-refractivity contribution in [3.63, 3.8) is 0 Å². The van der Waals surface area contributed by atoms with Crippen LogP contribution >= 0.6 is 0 Å². The summed E-state index contributed by atoms with van der Waals surface area (Å²) in [5.74, 6) is -0.670. The molecule has 1 aromatic heterocycles. The summed E-state index contributed by atoms with van der Waals surface area (Å²) < 4.78 is 4.85. The molecule has 0 saturated heterocycles. The number of benzene rings is 1. The molecule has 1 N–H and O–H groups in total. The molecule has 7 heteroatoms. The van der Waals surface area contributed by atoms with E-state index in [0.29, 0.717) is 16.9 Å². The van der Waals surface area contributed by atoms with E-state index in [1.807, 2.05) is 0 Å². The summed E-state index contributed by atoms with van der Waals surface area (Å²) in [5.41, 5.74) is 0.619. The van der Waals surface area contributed by atoms with Crippen LogP contribution in [0.15, 0.2) is 34.9 Å². The SMILES string of the molecule is Cc1cc(NC(=O)C(C)N2C(=O)c3ccccc3C2=O)no1. The van der Waals surface area contributed by atoms with Crippen molar-refractivity contribution < 1.29 is 18.9 Å².